The third-order valence-corrected chi connectivity index (χ3v) is 3.41. The molecule has 1 heterocycles. The first-order valence-corrected chi connectivity index (χ1v) is 6.68. The Balaban J connectivity index is 2.55. The highest BCUT2D eigenvalue weighted by atomic mass is 32.2. The number of nitrogens with one attached hydrogen (secondary N) is 2. The SMILES string of the molecule is NCc1cn[nH]c1NS(=O)(=O)CCCC(F)(F)F. The first kappa shape index (κ1) is 14.8. The summed E-state index contributed by atoms with van der Waals surface area (Å²) in [5.74, 6) is -0.528. The lowest BCUT2D eigenvalue weighted by Gasteiger charge is -2.08. The first-order chi connectivity index (χ1) is 8.23. The van der Waals surface area contributed by atoms with Crippen molar-refractivity contribution in [3.05, 3.63) is 11.8 Å². The summed E-state index contributed by atoms with van der Waals surface area (Å²) in [6.45, 7) is 0.0664. The monoisotopic (exact) mass is 286 g/mol. The zero-order valence-electron chi connectivity index (χ0n) is 9.29. The van der Waals surface area contributed by atoms with Gasteiger partial charge in [0.1, 0.15) is 5.82 Å². The molecule has 0 saturated carbocycles. The lowest BCUT2D eigenvalue weighted by molar-refractivity contribution is -0.134. The number of alkyl halides is 3. The molecular weight excluding hydrogens is 273 g/mol. The summed E-state index contributed by atoms with van der Waals surface area (Å²) in [4.78, 5) is 0. The molecule has 18 heavy (non-hydrogen) atoms. The van der Waals surface area contributed by atoms with Crippen molar-refractivity contribution < 1.29 is 21.6 Å². The van der Waals surface area contributed by atoms with Crippen LogP contribution >= 0.6 is 0 Å². The Morgan fingerprint density at radius 1 is 1.44 bits per heavy atom. The van der Waals surface area contributed by atoms with Gasteiger partial charge in [-0.2, -0.15) is 18.3 Å². The van der Waals surface area contributed by atoms with Crippen LogP contribution in [0.15, 0.2) is 6.20 Å². The number of rotatable bonds is 6. The lowest BCUT2D eigenvalue weighted by Crippen LogP contribution is -2.20. The minimum atomic E-state index is -4.36. The van der Waals surface area contributed by atoms with Gasteiger partial charge in [0.2, 0.25) is 10.0 Å². The molecule has 0 spiro atoms. The maximum atomic E-state index is 11.9. The molecule has 6 nitrogen and oxygen atoms in total. The molecule has 0 atom stereocenters. The fourth-order valence-electron chi connectivity index (χ4n) is 1.22. The highest BCUT2D eigenvalue weighted by molar-refractivity contribution is 7.92. The number of H-pyrrole nitrogens is 1. The van der Waals surface area contributed by atoms with Gasteiger partial charge in [0.25, 0.3) is 0 Å². The maximum absolute atomic E-state index is 11.9. The lowest BCUT2D eigenvalue weighted by atomic mass is 10.3. The van der Waals surface area contributed by atoms with Gasteiger partial charge in [-0.1, -0.05) is 0 Å². The summed E-state index contributed by atoms with van der Waals surface area (Å²) in [6, 6.07) is 0. The molecule has 4 N–H and O–H groups in total. The third-order valence-electron chi connectivity index (χ3n) is 2.07. The third kappa shape index (κ3) is 4.92. The van der Waals surface area contributed by atoms with Crippen molar-refractivity contribution in [3.8, 4) is 0 Å². The summed E-state index contributed by atoms with van der Waals surface area (Å²) < 4.78 is 60.7. The van der Waals surface area contributed by atoms with E-state index in [9.17, 15) is 21.6 Å². The zero-order valence-corrected chi connectivity index (χ0v) is 10.1. The number of nitrogens with zero attached hydrogens (tertiary/aromatic N) is 1. The van der Waals surface area contributed by atoms with Crippen LogP contribution < -0.4 is 10.5 Å². The molecule has 1 rings (SSSR count). The smallest absolute Gasteiger partial charge is 0.326 e. The van der Waals surface area contributed by atoms with E-state index < -0.39 is 34.8 Å². The van der Waals surface area contributed by atoms with E-state index in [0.717, 1.165) is 0 Å². The van der Waals surface area contributed by atoms with Crippen LogP contribution in [-0.2, 0) is 16.6 Å². The van der Waals surface area contributed by atoms with Gasteiger partial charge in [-0.15, -0.1) is 0 Å². The standard InChI is InChI=1S/C8H13F3N4O2S/c9-8(10,11)2-1-3-18(16,17)15-7-6(4-12)5-13-14-7/h5H,1-4,12H2,(H2,13,14,15). The van der Waals surface area contributed by atoms with Crippen molar-refractivity contribution in [1.82, 2.24) is 10.2 Å². The highest BCUT2D eigenvalue weighted by Gasteiger charge is 2.27. The molecule has 0 amide bonds. The quantitative estimate of drug-likeness (QED) is 0.724. The molecule has 0 bridgehead atoms. The molecule has 1 aromatic rings. The molecule has 0 unspecified atom stereocenters. The Hall–Kier alpha value is -1.29. The van der Waals surface area contributed by atoms with Crippen molar-refractivity contribution >= 4 is 15.8 Å². The molecule has 0 aliphatic heterocycles. The van der Waals surface area contributed by atoms with E-state index in [-0.39, 0.29) is 12.4 Å². The predicted molar refractivity (Wildman–Crippen MR) is 59.2 cm³/mol. The summed E-state index contributed by atoms with van der Waals surface area (Å²) in [6.07, 6.45) is -4.65. The van der Waals surface area contributed by atoms with Gasteiger partial charge >= 0.3 is 6.18 Å². The van der Waals surface area contributed by atoms with Crippen molar-refractivity contribution in [1.29, 1.82) is 0 Å². The van der Waals surface area contributed by atoms with Gasteiger partial charge in [-0.25, -0.2) is 8.42 Å². The van der Waals surface area contributed by atoms with Gasteiger partial charge in [0.05, 0.1) is 11.9 Å². The second-order valence-corrected chi connectivity index (χ2v) is 5.46. The zero-order chi connectivity index (χ0) is 13.8. The number of anilines is 1. The predicted octanol–water partition coefficient (Wildman–Crippen LogP) is 0.953. The van der Waals surface area contributed by atoms with Crippen LogP contribution in [-0.4, -0.2) is 30.5 Å². The maximum Gasteiger partial charge on any atom is 0.389 e. The Kier molecular flexibility index (Phi) is 4.57. The number of aromatic amines is 1. The summed E-state index contributed by atoms with van der Waals surface area (Å²) in [7, 11) is -3.84. The van der Waals surface area contributed by atoms with E-state index >= 15 is 0 Å². The van der Waals surface area contributed by atoms with Crippen molar-refractivity contribution in [3.63, 3.8) is 0 Å². The Labute approximate surface area is 102 Å². The summed E-state index contributed by atoms with van der Waals surface area (Å²) in [5, 5.41) is 5.96. The first-order valence-electron chi connectivity index (χ1n) is 5.03. The van der Waals surface area contributed by atoms with Gasteiger partial charge in [0, 0.05) is 18.5 Å². The second kappa shape index (κ2) is 5.57. The molecule has 104 valence electrons. The fraction of sp³-hybridized carbons (Fsp3) is 0.625. The van der Waals surface area contributed by atoms with Gasteiger partial charge < -0.3 is 5.73 Å². The molecular formula is C8H13F3N4O2S. The van der Waals surface area contributed by atoms with E-state index in [4.69, 9.17) is 5.73 Å². The molecule has 0 aromatic carbocycles. The van der Waals surface area contributed by atoms with Gasteiger partial charge in [-0.05, 0) is 6.42 Å². The normalized spacial score (nSPS) is 12.7. The number of halogens is 3. The number of sulfonamides is 1. The van der Waals surface area contributed by atoms with Crippen LogP contribution in [0.1, 0.15) is 18.4 Å². The Bertz CT molecular complexity index is 483. The van der Waals surface area contributed by atoms with E-state index in [1.54, 1.807) is 0 Å². The molecule has 0 saturated heterocycles. The van der Waals surface area contributed by atoms with E-state index in [1.807, 2.05) is 0 Å². The number of nitrogens with two attached hydrogens (primary N) is 1. The van der Waals surface area contributed by atoms with Crippen molar-refractivity contribution in [2.24, 2.45) is 5.73 Å². The molecule has 0 fully saturated rings. The van der Waals surface area contributed by atoms with E-state index in [2.05, 4.69) is 14.9 Å². The van der Waals surface area contributed by atoms with Gasteiger partial charge in [0.15, 0.2) is 0 Å². The number of hydrogen-bond acceptors (Lipinski definition) is 4. The number of aromatic nitrogens is 2. The Morgan fingerprint density at radius 3 is 2.67 bits per heavy atom. The Morgan fingerprint density at radius 2 is 2.11 bits per heavy atom. The average molecular weight is 286 g/mol. The van der Waals surface area contributed by atoms with E-state index in [0.29, 0.717) is 5.56 Å². The second-order valence-electron chi connectivity index (χ2n) is 3.61. The highest BCUT2D eigenvalue weighted by Crippen LogP contribution is 2.22. The van der Waals surface area contributed by atoms with Crippen LogP contribution in [0.4, 0.5) is 19.0 Å². The topological polar surface area (TPSA) is 101 Å². The summed E-state index contributed by atoms with van der Waals surface area (Å²) >= 11 is 0. The van der Waals surface area contributed by atoms with Crippen LogP contribution in [0.2, 0.25) is 0 Å². The molecule has 0 aliphatic rings. The van der Waals surface area contributed by atoms with Gasteiger partial charge in [-0.3, -0.25) is 9.82 Å². The molecule has 10 heteroatoms. The largest absolute Gasteiger partial charge is 0.389 e. The van der Waals surface area contributed by atoms with Crippen LogP contribution in [0.25, 0.3) is 0 Å². The van der Waals surface area contributed by atoms with Crippen molar-refractivity contribution in [2.45, 2.75) is 25.6 Å². The molecule has 1 aromatic heterocycles. The van der Waals surface area contributed by atoms with Crippen LogP contribution in [0.3, 0.4) is 0 Å². The minimum Gasteiger partial charge on any atom is -0.326 e. The van der Waals surface area contributed by atoms with Crippen LogP contribution in [0.5, 0.6) is 0 Å². The van der Waals surface area contributed by atoms with Crippen molar-refractivity contribution in [2.75, 3.05) is 10.5 Å². The van der Waals surface area contributed by atoms with Crippen LogP contribution in [0, 0.1) is 0 Å². The average Bonchev–Trinajstić information content (AvgIpc) is 2.61. The fourth-order valence-corrected chi connectivity index (χ4v) is 2.34. The number of hydrogen-bond donors (Lipinski definition) is 3. The molecule has 0 radical (unpaired) electrons. The molecule has 0 aliphatic carbocycles. The van der Waals surface area contributed by atoms with E-state index in [1.165, 1.54) is 6.20 Å². The summed E-state index contributed by atoms with van der Waals surface area (Å²) in [5.41, 5.74) is 5.77. The minimum absolute atomic E-state index is 0.0664.